The van der Waals surface area contributed by atoms with Crippen LogP contribution in [0.4, 0.5) is 0 Å². The SMILES string of the molecule is O=C(N[C@H]1CCOc2ccccc21)c1cc2ccccc2c2cccnc12. The molecule has 4 aromatic rings. The first-order chi connectivity index (χ1) is 13.3. The maximum absolute atomic E-state index is 13.2. The molecule has 0 saturated heterocycles. The Morgan fingerprint density at radius 1 is 1.00 bits per heavy atom. The molecule has 4 heteroatoms. The summed E-state index contributed by atoms with van der Waals surface area (Å²) < 4.78 is 5.71. The summed E-state index contributed by atoms with van der Waals surface area (Å²) in [5.74, 6) is 0.738. The van der Waals surface area contributed by atoms with Gasteiger partial charge in [0, 0.05) is 23.6 Å². The average Bonchev–Trinajstić information content (AvgIpc) is 2.73. The molecule has 1 aliphatic heterocycles. The van der Waals surface area contributed by atoms with Crippen LogP contribution in [0.3, 0.4) is 0 Å². The predicted octanol–water partition coefficient (Wildman–Crippen LogP) is 4.64. The molecule has 5 rings (SSSR count). The number of carbonyl (C=O) groups is 1. The van der Waals surface area contributed by atoms with E-state index < -0.39 is 0 Å². The Morgan fingerprint density at radius 3 is 2.78 bits per heavy atom. The lowest BCUT2D eigenvalue weighted by Crippen LogP contribution is -2.32. The van der Waals surface area contributed by atoms with Crippen molar-refractivity contribution < 1.29 is 9.53 Å². The molecule has 27 heavy (non-hydrogen) atoms. The van der Waals surface area contributed by atoms with E-state index in [0.29, 0.717) is 12.2 Å². The molecule has 1 N–H and O–H groups in total. The second-order valence-corrected chi connectivity index (χ2v) is 6.75. The molecule has 0 saturated carbocycles. The Hall–Kier alpha value is -3.40. The van der Waals surface area contributed by atoms with E-state index in [1.54, 1.807) is 6.20 Å². The lowest BCUT2D eigenvalue weighted by molar-refractivity contribution is 0.0926. The highest BCUT2D eigenvalue weighted by Gasteiger charge is 2.24. The van der Waals surface area contributed by atoms with Crippen LogP contribution in [0.2, 0.25) is 0 Å². The summed E-state index contributed by atoms with van der Waals surface area (Å²) in [6.07, 6.45) is 2.49. The highest BCUT2D eigenvalue weighted by molar-refractivity contribution is 6.15. The van der Waals surface area contributed by atoms with Gasteiger partial charge in [0.05, 0.1) is 23.7 Å². The van der Waals surface area contributed by atoms with E-state index >= 15 is 0 Å². The standard InChI is InChI=1S/C23H18N2O2/c26-23(25-20-11-13-27-21-10-4-3-8-18(20)21)19-14-15-6-1-2-7-16(15)17-9-5-12-24-22(17)19/h1-10,12,14,20H,11,13H2,(H,25,26)/t20-/m0/s1. The summed E-state index contributed by atoms with van der Waals surface area (Å²) in [7, 11) is 0. The van der Waals surface area contributed by atoms with E-state index in [0.717, 1.165) is 39.4 Å². The number of ether oxygens (including phenoxy) is 1. The fourth-order valence-electron chi connectivity index (χ4n) is 3.83. The number of hydrogen-bond acceptors (Lipinski definition) is 3. The number of para-hydroxylation sites is 1. The second kappa shape index (κ2) is 6.40. The van der Waals surface area contributed by atoms with Crippen molar-refractivity contribution in [2.45, 2.75) is 12.5 Å². The summed E-state index contributed by atoms with van der Waals surface area (Å²) in [4.78, 5) is 17.7. The predicted molar refractivity (Wildman–Crippen MR) is 106 cm³/mol. The number of benzene rings is 3. The molecular weight excluding hydrogens is 336 g/mol. The first kappa shape index (κ1) is 15.8. The summed E-state index contributed by atoms with van der Waals surface area (Å²) in [5.41, 5.74) is 2.36. The fourth-order valence-corrected chi connectivity index (χ4v) is 3.83. The lowest BCUT2D eigenvalue weighted by atomic mass is 9.98. The lowest BCUT2D eigenvalue weighted by Gasteiger charge is -2.26. The first-order valence-corrected chi connectivity index (χ1v) is 9.10. The first-order valence-electron chi connectivity index (χ1n) is 9.10. The molecule has 1 atom stereocenters. The molecule has 1 amide bonds. The van der Waals surface area contributed by atoms with Crippen molar-refractivity contribution in [1.29, 1.82) is 0 Å². The Kier molecular flexibility index (Phi) is 3.75. The Labute approximate surface area is 156 Å². The summed E-state index contributed by atoms with van der Waals surface area (Å²) in [6.45, 7) is 0.596. The fraction of sp³-hybridized carbons (Fsp3) is 0.130. The maximum atomic E-state index is 13.2. The number of hydrogen-bond donors (Lipinski definition) is 1. The number of nitrogens with one attached hydrogen (secondary N) is 1. The van der Waals surface area contributed by atoms with Crippen molar-refractivity contribution >= 4 is 27.6 Å². The zero-order chi connectivity index (χ0) is 18.2. The van der Waals surface area contributed by atoms with Gasteiger partial charge in [-0.1, -0.05) is 48.5 Å². The summed E-state index contributed by atoms with van der Waals surface area (Å²) >= 11 is 0. The van der Waals surface area contributed by atoms with Gasteiger partial charge in [0.25, 0.3) is 5.91 Å². The monoisotopic (exact) mass is 354 g/mol. The van der Waals surface area contributed by atoms with Gasteiger partial charge in [-0.05, 0) is 29.0 Å². The topological polar surface area (TPSA) is 51.2 Å². The zero-order valence-corrected chi connectivity index (χ0v) is 14.7. The van der Waals surface area contributed by atoms with Crippen LogP contribution in [-0.2, 0) is 0 Å². The van der Waals surface area contributed by atoms with Gasteiger partial charge in [-0.15, -0.1) is 0 Å². The summed E-state index contributed by atoms with van der Waals surface area (Å²) in [5, 5.41) is 6.33. The number of pyridine rings is 1. The molecule has 0 spiro atoms. The molecule has 1 aliphatic rings. The maximum Gasteiger partial charge on any atom is 0.254 e. The van der Waals surface area contributed by atoms with E-state index in [-0.39, 0.29) is 11.9 Å². The smallest absolute Gasteiger partial charge is 0.254 e. The molecule has 132 valence electrons. The molecule has 3 aromatic carbocycles. The van der Waals surface area contributed by atoms with Crippen LogP contribution < -0.4 is 10.1 Å². The van der Waals surface area contributed by atoms with Crippen LogP contribution in [0, 0.1) is 0 Å². The van der Waals surface area contributed by atoms with Crippen LogP contribution >= 0.6 is 0 Å². The van der Waals surface area contributed by atoms with Crippen LogP contribution in [0.1, 0.15) is 28.4 Å². The van der Waals surface area contributed by atoms with Gasteiger partial charge in [0.1, 0.15) is 5.75 Å². The molecule has 0 unspecified atom stereocenters. The van der Waals surface area contributed by atoms with Gasteiger partial charge in [-0.3, -0.25) is 9.78 Å². The van der Waals surface area contributed by atoms with Gasteiger partial charge < -0.3 is 10.1 Å². The van der Waals surface area contributed by atoms with Crippen molar-refractivity contribution in [2.75, 3.05) is 6.61 Å². The second-order valence-electron chi connectivity index (χ2n) is 6.75. The van der Waals surface area contributed by atoms with Crippen LogP contribution in [-0.4, -0.2) is 17.5 Å². The normalized spacial score (nSPS) is 15.9. The number of fused-ring (bicyclic) bond motifs is 4. The number of nitrogens with zero attached hydrogens (tertiary/aromatic N) is 1. The molecule has 0 radical (unpaired) electrons. The van der Waals surface area contributed by atoms with Crippen molar-refractivity contribution in [3.8, 4) is 5.75 Å². The average molecular weight is 354 g/mol. The molecule has 4 nitrogen and oxygen atoms in total. The van der Waals surface area contributed by atoms with Crippen molar-refractivity contribution in [3.63, 3.8) is 0 Å². The van der Waals surface area contributed by atoms with E-state index in [1.165, 1.54) is 0 Å². The van der Waals surface area contributed by atoms with E-state index in [9.17, 15) is 4.79 Å². The van der Waals surface area contributed by atoms with Crippen LogP contribution in [0.15, 0.2) is 72.9 Å². The van der Waals surface area contributed by atoms with Gasteiger partial charge >= 0.3 is 0 Å². The van der Waals surface area contributed by atoms with E-state index in [4.69, 9.17) is 4.74 Å². The highest BCUT2D eigenvalue weighted by Crippen LogP contribution is 2.33. The quantitative estimate of drug-likeness (QED) is 0.534. The van der Waals surface area contributed by atoms with Gasteiger partial charge in [-0.2, -0.15) is 0 Å². The number of aromatic nitrogens is 1. The van der Waals surface area contributed by atoms with Crippen LogP contribution in [0.25, 0.3) is 21.7 Å². The molecule has 0 aliphatic carbocycles. The van der Waals surface area contributed by atoms with Crippen molar-refractivity contribution in [2.24, 2.45) is 0 Å². The number of rotatable bonds is 2. The third kappa shape index (κ3) is 2.70. The minimum absolute atomic E-state index is 0.0623. The Balaban J connectivity index is 1.58. The number of carbonyl (C=O) groups excluding carboxylic acids is 1. The zero-order valence-electron chi connectivity index (χ0n) is 14.7. The van der Waals surface area contributed by atoms with Crippen molar-refractivity contribution in [1.82, 2.24) is 10.3 Å². The summed E-state index contributed by atoms with van der Waals surface area (Å²) in [6, 6.07) is 21.8. The van der Waals surface area contributed by atoms with Gasteiger partial charge in [-0.25, -0.2) is 0 Å². The Morgan fingerprint density at radius 2 is 1.81 bits per heavy atom. The van der Waals surface area contributed by atoms with Gasteiger partial charge in [0.15, 0.2) is 0 Å². The molecular formula is C23H18N2O2. The number of amides is 1. The molecule has 2 heterocycles. The third-order valence-electron chi connectivity index (χ3n) is 5.12. The third-order valence-corrected chi connectivity index (χ3v) is 5.12. The molecule has 0 fully saturated rings. The Bertz CT molecular complexity index is 1170. The molecule has 1 aromatic heterocycles. The minimum atomic E-state index is -0.105. The van der Waals surface area contributed by atoms with E-state index in [1.807, 2.05) is 60.7 Å². The van der Waals surface area contributed by atoms with Crippen molar-refractivity contribution in [3.05, 3.63) is 84.1 Å². The van der Waals surface area contributed by atoms with Crippen LogP contribution in [0.5, 0.6) is 5.75 Å². The van der Waals surface area contributed by atoms with Gasteiger partial charge in [0.2, 0.25) is 0 Å². The minimum Gasteiger partial charge on any atom is -0.493 e. The largest absolute Gasteiger partial charge is 0.493 e. The molecule has 0 bridgehead atoms. The van der Waals surface area contributed by atoms with E-state index in [2.05, 4.69) is 16.4 Å². The highest BCUT2D eigenvalue weighted by atomic mass is 16.5.